The van der Waals surface area contributed by atoms with Gasteiger partial charge in [-0.2, -0.15) is 0 Å². The third-order valence-corrected chi connectivity index (χ3v) is 8.50. The van der Waals surface area contributed by atoms with Crippen LogP contribution in [-0.4, -0.2) is 67.1 Å². The van der Waals surface area contributed by atoms with Gasteiger partial charge in [-0.1, -0.05) is 25.1 Å². The highest BCUT2D eigenvalue weighted by molar-refractivity contribution is 6.05. The van der Waals surface area contributed by atoms with Crippen molar-refractivity contribution in [1.29, 1.82) is 0 Å². The molecule has 0 radical (unpaired) electrons. The number of fused-ring (bicyclic) bond motifs is 4. The number of piperidine rings is 1. The van der Waals surface area contributed by atoms with Gasteiger partial charge in [-0.15, -0.1) is 5.10 Å². The van der Waals surface area contributed by atoms with E-state index in [1.807, 2.05) is 17.0 Å². The first kappa shape index (κ1) is 21.9. The first-order valence-corrected chi connectivity index (χ1v) is 12.3. The summed E-state index contributed by atoms with van der Waals surface area (Å²) in [7, 11) is 0. The van der Waals surface area contributed by atoms with E-state index in [4.69, 9.17) is 0 Å². The molecule has 1 aromatic heterocycles. The van der Waals surface area contributed by atoms with E-state index in [0.29, 0.717) is 35.8 Å². The number of benzene rings is 1. The van der Waals surface area contributed by atoms with E-state index >= 15 is 0 Å². The lowest BCUT2D eigenvalue weighted by Crippen LogP contribution is -2.57. The fraction of sp³-hybridized carbons (Fsp3) is 0.520. The normalized spacial score (nSPS) is 27.3. The Morgan fingerprint density at radius 3 is 2.77 bits per heavy atom. The minimum Gasteiger partial charge on any atom is -0.334 e. The van der Waals surface area contributed by atoms with Crippen LogP contribution in [0, 0.1) is 11.3 Å². The number of nitrogens with one attached hydrogen (secondary N) is 1. The molecule has 3 atom stereocenters. The summed E-state index contributed by atoms with van der Waals surface area (Å²) >= 11 is 0. The number of amides is 4. The van der Waals surface area contributed by atoms with Crippen LogP contribution in [0.4, 0.5) is 0 Å². The van der Waals surface area contributed by atoms with Gasteiger partial charge in [0.15, 0.2) is 5.69 Å². The molecule has 3 saturated heterocycles. The van der Waals surface area contributed by atoms with Gasteiger partial charge in [0.1, 0.15) is 6.04 Å². The highest BCUT2D eigenvalue weighted by Crippen LogP contribution is 2.53. The zero-order valence-corrected chi connectivity index (χ0v) is 19.9. The molecule has 3 unspecified atom stereocenters. The van der Waals surface area contributed by atoms with E-state index < -0.39 is 11.9 Å². The van der Waals surface area contributed by atoms with Gasteiger partial charge in [-0.25, -0.2) is 4.68 Å². The average Bonchev–Trinajstić information content (AvgIpc) is 3.32. The molecular formula is C25H28N6O4. The predicted molar refractivity (Wildman–Crippen MR) is 123 cm³/mol. The Hall–Kier alpha value is -3.56. The largest absolute Gasteiger partial charge is 0.334 e. The molecular weight excluding hydrogens is 448 g/mol. The quantitative estimate of drug-likeness (QED) is 0.674. The van der Waals surface area contributed by atoms with Crippen molar-refractivity contribution in [2.24, 2.45) is 11.3 Å². The molecule has 1 aliphatic carbocycles. The van der Waals surface area contributed by atoms with Crippen molar-refractivity contribution in [3.8, 4) is 5.69 Å². The van der Waals surface area contributed by atoms with Gasteiger partial charge >= 0.3 is 0 Å². The van der Waals surface area contributed by atoms with Crippen molar-refractivity contribution in [3.63, 3.8) is 0 Å². The maximum Gasteiger partial charge on any atom is 0.276 e. The summed E-state index contributed by atoms with van der Waals surface area (Å²) in [5, 5.41) is 10.6. The maximum atomic E-state index is 13.3. The molecule has 5 heterocycles. The smallest absolute Gasteiger partial charge is 0.276 e. The summed E-state index contributed by atoms with van der Waals surface area (Å²) in [5.74, 6) is -0.425. The Kier molecular flexibility index (Phi) is 4.84. The van der Waals surface area contributed by atoms with Gasteiger partial charge in [-0.05, 0) is 54.7 Å². The zero-order chi connectivity index (χ0) is 24.5. The second kappa shape index (κ2) is 7.73. The Morgan fingerprint density at radius 2 is 2.00 bits per heavy atom. The summed E-state index contributed by atoms with van der Waals surface area (Å²) in [4.78, 5) is 53.7. The number of carbonyl (C=O) groups excluding carboxylic acids is 4. The van der Waals surface area contributed by atoms with Gasteiger partial charge in [-0.3, -0.25) is 24.5 Å². The predicted octanol–water partition coefficient (Wildman–Crippen LogP) is 1.68. The van der Waals surface area contributed by atoms with E-state index in [0.717, 1.165) is 31.4 Å². The van der Waals surface area contributed by atoms with Crippen LogP contribution in [0.1, 0.15) is 72.4 Å². The summed E-state index contributed by atoms with van der Waals surface area (Å²) in [6.45, 7) is 5.54. The number of rotatable bonds is 3. The Balaban J connectivity index is 1.22. The lowest BCUT2D eigenvalue weighted by molar-refractivity contribution is -0.136. The van der Waals surface area contributed by atoms with Crippen LogP contribution >= 0.6 is 0 Å². The van der Waals surface area contributed by atoms with Crippen molar-refractivity contribution in [2.75, 3.05) is 6.54 Å². The molecule has 1 N–H and O–H groups in total. The van der Waals surface area contributed by atoms with Crippen LogP contribution in [-0.2, 0) is 16.1 Å². The van der Waals surface area contributed by atoms with E-state index in [9.17, 15) is 19.2 Å². The van der Waals surface area contributed by atoms with Gasteiger partial charge in [0, 0.05) is 31.1 Å². The number of aromatic nitrogens is 3. The number of hydrogen-bond acceptors (Lipinski definition) is 6. The summed E-state index contributed by atoms with van der Waals surface area (Å²) < 4.78 is 1.52. The van der Waals surface area contributed by atoms with Crippen LogP contribution in [0.15, 0.2) is 24.4 Å². The van der Waals surface area contributed by atoms with Crippen LogP contribution in [0.3, 0.4) is 0 Å². The minimum absolute atomic E-state index is 0.101. The molecule has 7 rings (SSSR count). The van der Waals surface area contributed by atoms with Gasteiger partial charge in [0.05, 0.1) is 11.9 Å². The van der Waals surface area contributed by atoms with Crippen molar-refractivity contribution in [3.05, 3.63) is 41.2 Å². The van der Waals surface area contributed by atoms with Crippen molar-refractivity contribution in [1.82, 2.24) is 30.1 Å². The van der Waals surface area contributed by atoms with Crippen molar-refractivity contribution < 1.29 is 19.2 Å². The maximum absolute atomic E-state index is 13.3. The SMILES string of the molecule is CC1(C)C2CCCN(C(=O)c3cn(-c4ccc5c(c4)C(=O)N(C4CCC(=O)NC4=O)C5)nn3)C1C2. The van der Waals surface area contributed by atoms with Crippen LogP contribution in [0.2, 0.25) is 0 Å². The fourth-order valence-corrected chi connectivity index (χ4v) is 6.23. The molecule has 1 saturated carbocycles. The van der Waals surface area contributed by atoms with Crippen molar-refractivity contribution >= 4 is 23.6 Å². The topological polar surface area (TPSA) is 118 Å². The Labute approximate surface area is 202 Å². The first-order chi connectivity index (χ1) is 16.7. The van der Waals surface area contributed by atoms with Gasteiger partial charge in [0.25, 0.3) is 11.8 Å². The van der Waals surface area contributed by atoms with E-state index in [1.54, 1.807) is 12.3 Å². The Bertz CT molecular complexity index is 1270. The highest BCUT2D eigenvalue weighted by Gasteiger charge is 2.53. The third-order valence-electron chi connectivity index (χ3n) is 8.50. The van der Waals surface area contributed by atoms with Gasteiger partial charge < -0.3 is 9.80 Å². The molecule has 4 amide bonds. The van der Waals surface area contributed by atoms with Crippen LogP contribution < -0.4 is 5.32 Å². The molecule has 10 heteroatoms. The lowest BCUT2D eigenvalue weighted by Gasteiger charge is -2.54. The highest BCUT2D eigenvalue weighted by atomic mass is 16.2. The molecule has 2 aromatic rings. The molecule has 1 aromatic carbocycles. The third kappa shape index (κ3) is 3.37. The van der Waals surface area contributed by atoms with Gasteiger partial charge in [0.2, 0.25) is 11.8 Å². The van der Waals surface area contributed by atoms with E-state index in [-0.39, 0.29) is 35.6 Å². The molecule has 4 aliphatic heterocycles. The number of nitrogens with zero attached hydrogens (tertiary/aromatic N) is 5. The molecule has 182 valence electrons. The molecule has 0 spiro atoms. The summed E-state index contributed by atoms with van der Waals surface area (Å²) in [6, 6.07) is 4.95. The lowest BCUT2D eigenvalue weighted by atomic mass is 9.57. The minimum atomic E-state index is -0.657. The van der Waals surface area contributed by atoms with Crippen LogP contribution in [0.5, 0.6) is 0 Å². The molecule has 35 heavy (non-hydrogen) atoms. The Morgan fingerprint density at radius 1 is 1.17 bits per heavy atom. The summed E-state index contributed by atoms with van der Waals surface area (Å²) in [6.07, 6.45) is 5.35. The number of carbonyl (C=O) groups is 4. The zero-order valence-electron chi connectivity index (χ0n) is 19.9. The summed E-state index contributed by atoms with van der Waals surface area (Å²) in [5.41, 5.74) is 2.34. The molecule has 10 nitrogen and oxygen atoms in total. The number of imide groups is 1. The standard InChI is InChI=1S/C25H28N6O4/c1-25(2)15-4-3-9-29(20(25)10-15)24(35)18-13-31(28-27-18)16-6-5-14-12-30(23(34)17(14)11-16)19-7-8-21(32)26-22(19)33/h5-6,11,13,15,19-20H,3-4,7-10,12H2,1-2H3,(H,26,32,33). The van der Waals surface area contributed by atoms with Crippen LogP contribution in [0.25, 0.3) is 5.69 Å². The van der Waals surface area contributed by atoms with E-state index in [1.165, 1.54) is 9.58 Å². The second-order valence-corrected chi connectivity index (χ2v) is 10.7. The second-order valence-electron chi connectivity index (χ2n) is 10.7. The number of hydrogen-bond donors (Lipinski definition) is 1. The van der Waals surface area contributed by atoms with Crippen molar-refractivity contribution in [2.45, 2.75) is 64.6 Å². The first-order valence-electron chi connectivity index (χ1n) is 12.3. The monoisotopic (exact) mass is 476 g/mol. The molecule has 4 fully saturated rings. The average molecular weight is 477 g/mol. The molecule has 5 aliphatic rings. The van der Waals surface area contributed by atoms with E-state index in [2.05, 4.69) is 29.5 Å². The molecule has 2 bridgehead atoms. The fourth-order valence-electron chi connectivity index (χ4n) is 6.23.